The number of rotatable bonds is 7. The van der Waals surface area contributed by atoms with Crippen molar-refractivity contribution >= 4 is 39.1 Å². The second-order valence-corrected chi connectivity index (χ2v) is 9.03. The van der Waals surface area contributed by atoms with E-state index in [1.165, 1.54) is 30.1 Å². The van der Waals surface area contributed by atoms with Gasteiger partial charge in [-0.25, -0.2) is 8.42 Å². The number of nitrogens with one attached hydrogen (secondary N) is 2. The van der Waals surface area contributed by atoms with E-state index >= 15 is 0 Å². The van der Waals surface area contributed by atoms with Gasteiger partial charge in [0, 0.05) is 16.8 Å². The van der Waals surface area contributed by atoms with Crippen LogP contribution in [0.25, 0.3) is 0 Å². The molecule has 0 radical (unpaired) electrons. The molecule has 0 unspecified atom stereocenters. The number of thioether (sulfide) groups is 1. The number of hydrogen-bond acceptors (Lipinski definition) is 5. The number of sulfonamides is 1. The van der Waals surface area contributed by atoms with E-state index in [1.54, 1.807) is 30.5 Å². The number of benzene rings is 2. The molecule has 1 amide bonds. The molecule has 1 atom stereocenters. The molecular formula is C20H19N3O3S2. The summed E-state index contributed by atoms with van der Waals surface area (Å²) in [5, 5.41) is 2.51. The molecule has 2 aromatic carbocycles. The lowest BCUT2D eigenvalue weighted by Crippen LogP contribution is -2.22. The summed E-state index contributed by atoms with van der Waals surface area (Å²) in [6.07, 6.45) is 2.99. The van der Waals surface area contributed by atoms with Crippen molar-refractivity contribution in [2.45, 2.75) is 22.0 Å². The van der Waals surface area contributed by atoms with Crippen molar-refractivity contribution in [2.75, 3.05) is 10.0 Å². The van der Waals surface area contributed by atoms with E-state index in [4.69, 9.17) is 0 Å². The van der Waals surface area contributed by atoms with Gasteiger partial charge in [-0.2, -0.15) is 0 Å². The highest BCUT2D eigenvalue weighted by atomic mass is 32.2. The molecule has 0 aliphatic heterocycles. The Labute approximate surface area is 168 Å². The second kappa shape index (κ2) is 8.90. The maximum Gasteiger partial charge on any atom is 0.261 e. The van der Waals surface area contributed by atoms with Gasteiger partial charge in [-0.15, -0.1) is 11.8 Å². The number of aromatic nitrogens is 1. The highest BCUT2D eigenvalue weighted by molar-refractivity contribution is 8.00. The van der Waals surface area contributed by atoms with Crippen LogP contribution >= 0.6 is 11.8 Å². The van der Waals surface area contributed by atoms with Gasteiger partial charge in [-0.3, -0.25) is 14.5 Å². The third kappa shape index (κ3) is 5.34. The molecular weight excluding hydrogens is 394 g/mol. The van der Waals surface area contributed by atoms with E-state index in [-0.39, 0.29) is 16.1 Å². The van der Waals surface area contributed by atoms with Crippen LogP contribution < -0.4 is 10.0 Å². The van der Waals surface area contributed by atoms with E-state index in [0.29, 0.717) is 11.4 Å². The quantitative estimate of drug-likeness (QED) is 0.572. The van der Waals surface area contributed by atoms with Crippen LogP contribution in [0.4, 0.5) is 11.4 Å². The highest BCUT2D eigenvalue weighted by Crippen LogP contribution is 2.24. The van der Waals surface area contributed by atoms with E-state index in [9.17, 15) is 13.2 Å². The van der Waals surface area contributed by atoms with Gasteiger partial charge in [0.1, 0.15) is 0 Å². The molecule has 3 aromatic rings. The van der Waals surface area contributed by atoms with E-state index < -0.39 is 10.0 Å². The van der Waals surface area contributed by atoms with Crippen molar-refractivity contribution in [1.29, 1.82) is 0 Å². The fraction of sp³-hybridized carbons (Fsp3) is 0.100. The van der Waals surface area contributed by atoms with Gasteiger partial charge in [-0.1, -0.05) is 18.2 Å². The average Bonchev–Trinajstić information content (AvgIpc) is 2.69. The van der Waals surface area contributed by atoms with E-state index in [1.807, 2.05) is 37.3 Å². The molecule has 3 rings (SSSR count). The van der Waals surface area contributed by atoms with Crippen LogP contribution in [0.15, 0.2) is 88.9 Å². The second-order valence-electron chi connectivity index (χ2n) is 5.93. The lowest BCUT2D eigenvalue weighted by Gasteiger charge is -2.13. The molecule has 0 aliphatic carbocycles. The molecule has 0 fully saturated rings. The first-order valence-corrected chi connectivity index (χ1v) is 10.9. The third-order valence-electron chi connectivity index (χ3n) is 3.77. The number of carbonyl (C=O) groups is 1. The maximum absolute atomic E-state index is 12.4. The van der Waals surface area contributed by atoms with Crippen LogP contribution in [0.5, 0.6) is 0 Å². The molecule has 0 aliphatic rings. The molecule has 0 saturated heterocycles. The van der Waals surface area contributed by atoms with Crippen LogP contribution in [0.2, 0.25) is 0 Å². The monoisotopic (exact) mass is 413 g/mol. The molecule has 0 spiro atoms. The predicted molar refractivity (Wildman–Crippen MR) is 112 cm³/mol. The number of amides is 1. The van der Waals surface area contributed by atoms with Crippen LogP contribution in [-0.2, 0) is 14.8 Å². The zero-order valence-electron chi connectivity index (χ0n) is 15.1. The third-order valence-corrected chi connectivity index (χ3v) is 6.28. The van der Waals surface area contributed by atoms with Crippen LogP contribution in [0.3, 0.4) is 0 Å². The van der Waals surface area contributed by atoms with E-state index in [0.717, 1.165) is 4.90 Å². The highest BCUT2D eigenvalue weighted by Gasteiger charge is 2.17. The number of hydrogen-bond donors (Lipinski definition) is 2. The van der Waals surface area contributed by atoms with Gasteiger partial charge in [0.2, 0.25) is 5.91 Å². The fourth-order valence-corrected chi connectivity index (χ4v) is 4.29. The van der Waals surface area contributed by atoms with Gasteiger partial charge in [0.25, 0.3) is 10.0 Å². The Kier molecular flexibility index (Phi) is 6.33. The minimum absolute atomic E-state index is 0.0982. The van der Waals surface area contributed by atoms with E-state index in [2.05, 4.69) is 15.0 Å². The Balaban J connectivity index is 1.63. The smallest absolute Gasteiger partial charge is 0.261 e. The first kappa shape index (κ1) is 19.9. The molecule has 6 nitrogen and oxygen atoms in total. The summed E-state index contributed by atoms with van der Waals surface area (Å²) in [6, 6.07) is 18.9. The van der Waals surface area contributed by atoms with Crippen LogP contribution in [-0.4, -0.2) is 24.6 Å². The summed E-state index contributed by atoms with van der Waals surface area (Å²) >= 11 is 1.46. The van der Waals surface area contributed by atoms with Crippen molar-refractivity contribution in [2.24, 2.45) is 0 Å². The van der Waals surface area contributed by atoms with Crippen LogP contribution in [0.1, 0.15) is 6.92 Å². The first-order valence-electron chi connectivity index (χ1n) is 8.49. The summed E-state index contributed by atoms with van der Waals surface area (Å²) in [5.74, 6) is -0.155. The number of carbonyl (C=O) groups excluding carboxylic acids is 1. The molecule has 28 heavy (non-hydrogen) atoms. The predicted octanol–water partition coefficient (Wildman–Crippen LogP) is 4.00. The van der Waals surface area contributed by atoms with Gasteiger partial charge < -0.3 is 5.32 Å². The Morgan fingerprint density at radius 1 is 0.964 bits per heavy atom. The number of anilines is 2. The average molecular weight is 414 g/mol. The molecule has 2 N–H and O–H groups in total. The summed E-state index contributed by atoms with van der Waals surface area (Å²) in [7, 11) is -3.72. The van der Waals surface area contributed by atoms with Crippen molar-refractivity contribution in [3.8, 4) is 0 Å². The zero-order valence-corrected chi connectivity index (χ0v) is 16.7. The molecule has 144 valence electrons. The molecule has 0 bridgehead atoms. The fourth-order valence-electron chi connectivity index (χ4n) is 2.36. The maximum atomic E-state index is 12.4. The van der Waals surface area contributed by atoms with Gasteiger partial charge in [0.15, 0.2) is 0 Å². The largest absolute Gasteiger partial charge is 0.325 e. The number of pyridine rings is 1. The Morgan fingerprint density at radius 2 is 1.68 bits per heavy atom. The van der Waals surface area contributed by atoms with Crippen molar-refractivity contribution in [3.05, 3.63) is 79.1 Å². The molecule has 8 heteroatoms. The van der Waals surface area contributed by atoms with Crippen molar-refractivity contribution < 1.29 is 13.2 Å². The van der Waals surface area contributed by atoms with Gasteiger partial charge in [0.05, 0.1) is 22.0 Å². The van der Waals surface area contributed by atoms with Gasteiger partial charge >= 0.3 is 0 Å². The zero-order chi connectivity index (χ0) is 20.0. The Morgan fingerprint density at radius 3 is 2.32 bits per heavy atom. The van der Waals surface area contributed by atoms with Gasteiger partial charge in [-0.05, 0) is 55.5 Å². The lowest BCUT2D eigenvalue weighted by molar-refractivity contribution is -0.115. The Hall–Kier alpha value is -2.84. The Bertz CT molecular complexity index is 1030. The summed E-state index contributed by atoms with van der Waals surface area (Å²) in [6.45, 7) is 1.82. The van der Waals surface area contributed by atoms with Crippen LogP contribution in [0, 0.1) is 0 Å². The molecule has 1 heterocycles. The number of nitrogens with zero attached hydrogens (tertiary/aromatic N) is 1. The molecule has 1 aromatic heterocycles. The normalized spacial score (nSPS) is 12.2. The minimum atomic E-state index is -3.72. The summed E-state index contributed by atoms with van der Waals surface area (Å²) < 4.78 is 27.3. The first-order chi connectivity index (χ1) is 13.4. The summed E-state index contributed by atoms with van der Waals surface area (Å²) in [5.41, 5.74) is 0.914. The van der Waals surface area contributed by atoms with Crippen molar-refractivity contribution in [3.63, 3.8) is 0 Å². The SMILES string of the molecule is C[C@@H](Sc1ccccc1)C(=O)Nc1ccc(S(=O)(=O)Nc2cccnc2)cc1. The topological polar surface area (TPSA) is 88.2 Å². The lowest BCUT2D eigenvalue weighted by atomic mass is 10.3. The van der Waals surface area contributed by atoms with Crippen molar-refractivity contribution in [1.82, 2.24) is 4.98 Å². The standard InChI is InChI=1S/C20H19N3O3S2/c1-15(27-18-7-3-2-4-8-18)20(24)22-16-9-11-19(12-10-16)28(25,26)23-17-6-5-13-21-14-17/h2-15,23H,1H3,(H,22,24)/t15-/m1/s1. The summed E-state index contributed by atoms with van der Waals surface area (Å²) in [4.78, 5) is 17.4. The molecule has 0 saturated carbocycles. The minimum Gasteiger partial charge on any atom is -0.325 e.